The van der Waals surface area contributed by atoms with Gasteiger partial charge in [-0.05, 0) is 24.6 Å². The molecule has 0 unspecified atom stereocenters. The number of nitrogens with one attached hydrogen (secondary N) is 2. The van der Waals surface area contributed by atoms with Crippen LogP contribution in [0.3, 0.4) is 0 Å². The average molecular weight is 365 g/mol. The quantitative estimate of drug-likeness (QED) is 0.702. The standard InChI is InChI=1S/C20H19N3O2S/c1-14-6-5-7-15(10-14)12-21-18(24)11-17-13-26-20(22-17)23-19(25)16-8-3-2-4-9-16/h2-10,13H,11-12H2,1H3,(H,21,24)(H,22,23,25). The molecule has 1 aromatic heterocycles. The first-order valence-corrected chi connectivity index (χ1v) is 9.11. The number of aromatic nitrogens is 1. The molecule has 0 aliphatic heterocycles. The van der Waals surface area contributed by atoms with E-state index in [1.54, 1.807) is 29.6 Å². The minimum absolute atomic E-state index is 0.0993. The van der Waals surface area contributed by atoms with E-state index in [0.717, 1.165) is 11.1 Å². The summed E-state index contributed by atoms with van der Waals surface area (Å²) < 4.78 is 0. The highest BCUT2D eigenvalue weighted by Crippen LogP contribution is 2.17. The van der Waals surface area contributed by atoms with Crippen LogP contribution in [0.1, 0.15) is 27.2 Å². The fourth-order valence-electron chi connectivity index (χ4n) is 2.45. The maximum absolute atomic E-state index is 12.1. The molecule has 132 valence electrons. The van der Waals surface area contributed by atoms with Crippen molar-refractivity contribution < 1.29 is 9.59 Å². The first-order valence-electron chi connectivity index (χ1n) is 8.23. The molecule has 2 N–H and O–H groups in total. The van der Waals surface area contributed by atoms with Crippen LogP contribution in [-0.4, -0.2) is 16.8 Å². The fourth-order valence-corrected chi connectivity index (χ4v) is 3.16. The maximum Gasteiger partial charge on any atom is 0.257 e. The van der Waals surface area contributed by atoms with Crippen LogP contribution in [0.25, 0.3) is 0 Å². The third-order valence-corrected chi connectivity index (χ3v) is 4.53. The summed E-state index contributed by atoms with van der Waals surface area (Å²) in [6, 6.07) is 17.0. The van der Waals surface area contributed by atoms with Gasteiger partial charge in [0.05, 0.1) is 12.1 Å². The van der Waals surface area contributed by atoms with Crippen LogP contribution in [0.15, 0.2) is 60.0 Å². The van der Waals surface area contributed by atoms with Crippen molar-refractivity contribution in [1.29, 1.82) is 0 Å². The number of carbonyl (C=O) groups is 2. The van der Waals surface area contributed by atoms with E-state index >= 15 is 0 Å². The van der Waals surface area contributed by atoms with Crippen molar-refractivity contribution >= 4 is 28.3 Å². The molecule has 0 bridgehead atoms. The Morgan fingerprint density at radius 1 is 1.08 bits per heavy atom. The Labute approximate surface area is 156 Å². The van der Waals surface area contributed by atoms with Gasteiger partial charge in [-0.2, -0.15) is 0 Å². The van der Waals surface area contributed by atoms with E-state index in [2.05, 4.69) is 15.6 Å². The summed E-state index contributed by atoms with van der Waals surface area (Å²) in [6.45, 7) is 2.51. The van der Waals surface area contributed by atoms with Gasteiger partial charge in [-0.1, -0.05) is 48.0 Å². The number of anilines is 1. The number of nitrogens with zero attached hydrogens (tertiary/aromatic N) is 1. The molecule has 3 rings (SSSR count). The maximum atomic E-state index is 12.1. The van der Waals surface area contributed by atoms with Gasteiger partial charge in [-0.25, -0.2) is 4.98 Å². The average Bonchev–Trinajstić information content (AvgIpc) is 3.07. The van der Waals surface area contributed by atoms with Crippen LogP contribution < -0.4 is 10.6 Å². The number of carbonyl (C=O) groups excluding carboxylic acids is 2. The monoisotopic (exact) mass is 365 g/mol. The molecular formula is C20H19N3O2S. The highest BCUT2D eigenvalue weighted by atomic mass is 32.1. The molecule has 0 atom stereocenters. The molecule has 5 nitrogen and oxygen atoms in total. The highest BCUT2D eigenvalue weighted by molar-refractivity contribution is 7.14. The lowest BCUT2D eigenvalue weighted by Gasteiger charge is -2.05. The second kappa shape index (κ2) is 8.40. The Balaban J connectivity index is 1.51. The van der Waals surface area contributed by atoms with Gasteiger partial charge >= 0.3 is 0 Å². The molecule has 0 radical (unpaired) electrons. The van der Waals surface area contributed by atoms with Crippen molar-refractivity contribution in [3.8, 4) is 0 Å². The molecule has 0 spiro atoms. The van der Waals surface area contributed by atoms with E-state index in [0.29, 0.717) is 22.9 Å². The van der Waals surface area contributed by atoms with Gasteiger partial charge in [0.2, 0.25) is 5.91 Å². The third kappa shape index (κ3) is 5.00. The van der Waals surface area contributed by atoms with Crippen molar-refractivity contribution in [3.05, 3.63) is 82.4 Å². The largest absolute Gasteiger partial charge is 0.352 e. The van der Waals surface area contributed by atoms with E-state index in [1.807, 2.05) is 37.3 Å². The van der Waals surface area contributed by atoms with Crippen molar-refractivity contribution in [2.24, 2.45) is 0 Å². The predicted molar refractivity (Wildman–Crippen MR) is 103 cm³/mol. The molecule has 0 saturated heterocycles. The summed E-state index contributed by atoms with van der Waals surface area (Å²) in [5.74, 6) is -0.312. The van der Waals surface area contributed by atoms with Crippen molar-refractivity contribution in [2.75, 3.05) is 5.32 Å². The van der Waals surface area contributed by atoms with Gasteiger partial charge in [0.15, 0.2) is 5.13 Å². The molecule has 0 fully saturated rings. The van der Waals surface area contributed by atoms with Gasteiger partial charge in [0.1, 0.15) is 0 Å². The van der Waals surface area contributed by atoms with Gasteiger partial charge in [-0.3, -0.25) is 14.9 Å². The number of aryl methyl sites for hydroxylation is 1. The SMILES string of the molecule is Cc1cccc(CNC(=O)Cc2csc(NC(=O)c3ccccc3)n2)c1. The third-order valence-electron chi connectivity index (χ3n) is 3.72. The Kier molecular flexibility index (Phi) is 5.76. The van der Waals surface area contributed by atoms with E-state index in [-0.39, 0.29) is 18.2 Å². The number of benzene rings is 2. The van der Waals surface area contributed by atoms with E-state index in [4.69, 9.17) is 0 Å². The van der Waals surface area contributed by atoms with E-state index < -0.39 is 0 Å². The number of hydrogen-bond acceptors (Lipinski definition) is 4. The molecule has 2 amide bonds. The molecule has 0 aliphatic rings. The van der Waals surface area contributed by atoms with Crippen LogP contribution in [0.4, 0.5) is 5.13 Å². The Hall–Kier alpha value is -2.99. The van der Waals surface area contributed by atoms with Gasteiger partial charge in [0, 0.05) is 17.5 Å². The zero-order valence-corrected chi connectivity index (χ0v) is 15.2. The second-order valence-corrected chi connectivity index (χ2v) is 6.76. The summed E-state index contributed by atoms with van der Waals surface area (Å²) in [7, 11) is 0. The second-order valence-electron chi connectivity index (χ2n) is 5.91. The first-order chi connectivity index (χ1) is 12.6. The van der Waals surface area contributed by atoms with Gasteiger partial charge in [0.25, 0.3) is 5.91 Å². The summed E-state index contributed by atoms with van der Waals surface area (Å²) in [5, 5.41) is 7.91. The minimum atomic E-state index is -0.213. The van der Waals surface area contributed by atoms with Crippen LogP contribution in [0.5, 0.6) is 0 Å². The first kappa shape index (κ1) is 17.8. The van der Waals surface area contributed by atoms with Crippen LogP contribution in [-0.2, 0) is 17.8 Å². The summed E-state index contributed by atoms with van der Waals surface area (Å²) >= 11 is 1.31. The fraction of sp³-hybridized carbons (Fsp3) is 0.150. The lowest BCUT2D eigenvalue weighted by molar-refractivity contribution is -0.120. The smallest absolute Gasteiger partial charge is 0.257 e. The van der Waals surface area contributed by atoms with Gasteiger partial charge in [-0.15, -0.1) is 11.3 Å². The minimum Gasteiger partial charge on any atom is -0.352 e. The Morgan fingerprint density at radius 2 is 1.88 bits per heavy atom. The summed E-state index contributed by atoms with van der Waals surface area (Å²) in [4.78, 5) is 28.5. The summed E-state index contributed by atoms with van der Waals surface area (Å²) in [6.07, 6.45) is 0.184. The van der Waals surface area contributed by atoms with Crippen molar-refractivity contribution in [3.63, 3.8) is 0 Å². The Morgan fingerprint density at radius 3 is 2.65 bits per heavy atom. The normalized spacial score (nSPS) is 10.3. The lowest BCUT2D eigenvalue weighted by Crippen LogP contribution is -2.24. The molecule has 3 aromatic rings. The van der Waals surface area contributed by atoms with Crippen LogP contribution >= 0.6 is 11.3 Å². The molecule has 1 heterocycles. The number of amides is 2. The van der Waals surface area contributed by atoms with Gasteiger partial charge < -0.3 is 5.32 Å². The highest BCUT2D eigenvalue weighted by Gasteiger charge is 2.11. The number of hydrogen-bond donors (Lipinski definition) is 2. The zero-order valence-electron chi connectivity index (χ0n) is 14.4. The topological polar surface area (TPSA) is 71.1 Å². The van der Waals surface area contributed by atoms with Crippen molar-refractivity contribution in [2.45, 2.75) is 19.9 Å². The molecule has 26 heavy (non-hydrogen) atoms. The summed E-state index contributed by atoms with van der Waals surface area (Å²) in [5.41, 5.74) is 3.43. The van der Waals surface area contributed by atoms with E-state index in [1.165, 1.54) is 11.3 Å². The molecule has 0 aliphatic carbocycles. The Bertz CT molecular complexity index is 906. The van der Waals surface area contributed by atoms with E-state index in [9.17, 15) is 9.59 Å². The van der Waals surface area contributed by atoms with Crippen LogP contribution in [0, 0.1) is 6.92 Å². The van der Waals surface area contributed by atoms with Crippen molar-refractivity contribution in [1.82, 2.24) is 10.3 Å². The number of thiazole rings is 1. The molecule has 2 aromatic carbocycles. The molecule has 6 heteroatoms. The molecular weight excluding hydrogens is 346 g/mol. The van der Waals surface area contributed by atoms with Crippen LogP contribution in [0.2, 0.25) is 0 Å². The lowest BCUT2D eigenvalue weighted by atomic mass is 10.1. The predicted octanol–water partition coefficient (Wildman–Crippen LogP) is 3.56. The number of rotatable bonds is 6. The molecule has 0 saturated carbocycles. The zero-order chi connectivity index (χ0) is 18.4.